The van der Waals surface area contributed by atoms with Crippen LogP contribution in [0.5, 0.6) is 0 Å². The summed E-state index contributed by atoms with van der Waals surface area (Å²) in [6, 6.07) is 7.52. The van der Waals surface area contributed by atoms with Gasteiger partial charge in [-0.25, -0.2) is 4.99 Å². The van der Waals surface area contributed by atoms with Crippen LogP contribution in [-0.2, 0) is 0 Å². The maximum Gasteiger partial charge on any atom is 0.155 e. The molecule has 0 saturated carbocycles. The topological polar surface area (TPSA) is 76.8 Å². The van der Waals surface area contributed by atoms with E-state index in [1.54, 1.807) is 0 Å². The lowest BCUT2D eigenvalue weighted by atomic mass is 10.1. The molecule has 0 amide bonds. The molecule has 1 atom stereocenters. The second kappa shape index (κ2) is 3.59. The monoisotopic (exact) mass is 224 g/mol. The maximum atomic E-state index is 5.75. The molecule has 1 aromatic rings. The minimum Gasteiger partial charge on any atom is -0.399 e. The largest absolute Gasteiger partial charge is 0.399 e. The van der Waals surface area contributed by atoms with E-state index in [2.05, 4.69) is 9.98 Å². The molecular formula is C13H12N4. The number of nitrogens with two attached hydrogens (primary N) is 2. The van der Waals surface area contributed by atoms with E-state index >= 15 is 0 Å². The van der Waals surface area contributed by atoms with E-state index in [1.165, 1.54) is 0 Å². The van der Waals surface area contributed by atoms with E-state index in [0.29, 0.717) is 11.5 Å². The standard InChI is InChI=1S/C13H12N4/c14-9-3-1-2-8(6-9)13-16-11-5-4-10(15)7-12(11)17-13/h1-7,12H,14-15H2/t12-/m0/s1. The minimum atomic E-state index is -0.0450. The van der Waals surface area contributed by atoms with Gasteiger partial charge in [-0.3, -0.25) is 4.99 Å². The van der Waals surface area contributed by atoms with Crippen molar-refractivity contribution in [3.63, 3.8) is 0 Å². The Morgan fingerprint density at radius 2 is 2.00 bits per heavy atom. The van der Waals surface area contributed by atoms with Crippen LogP contribution in [0.15, 0.2) is 58.2 Å². The molecule has 4 N–H and O–H groups in total. The molecule has 3 rings (SSSR count). The number of nitrogen functional groups attached to an aromatic ring is 1. The summed E-state index contributed by atoms with van der Waals surface area (Å²) in [4.78, 5) is 9.00. The van der Waals surface area contributed by atoms with Crippen LogP contribution in [0.4, 0.5) is 5.69 Å². The molecule has 0 unspecified atom stereocenters. The SMILES string of the molecule is NC1=C[C@@H]2N=C(c3cccc(N)c3)N=C2C=C1. The van der Waals surface area contributed by atoms with Gasteiger partial charge in [0.2, 0.25) is 0 Å². The lowest BCUT2D eigenvalue weighted by Gasteiger charge is -2.07. The van der Waals surface area contributed by atoms with E-state index in [0.717, 1.165) is 17.0 Å². The molecule has 0 radical (unpaired) electrons. The number of allylic oxidation sites excluding steroid dienone is 1. The number of anilines is 1. The second-order valence-corrected chi connectivity index (χ2v) is 4.06. The molecule has 0 spiro atoms. The molecule has 1 heterocycles. The summed E-state index contributed by atoms with van der Waals surface area (Å²) in [6.45, 7) is 0. The Hall–Kier alpha value is -2.36. The number of rotatable bonds is 1. The van der Waals surface area contributed by atoms with Gasteiger partial charge in [0.15, 0.2) is 5.84 Å². The first kappa shape index (κ1) is 9.84. The molecule has 0 bridgehead atoms. The molecule has 84 valence electrons. The number of aliphatic imine (C=N–C) groups is 2. The Balaban J connectivity index is 2.00. The van der Waals surface area contributed by atoms with Crippen molar-refractivity contribution in [3.05, 3.63) is 53.8 Å². The summed E-state index contributed by atoms with van der Waals surface area (Å²) >= 11 is 0. The highest BCUT2D eigenvalue weighted by Crippen LogP contribution is 2.19. The first-order valence-electron chi connectivity index (χ1n) is 5.40. The highest BCUT2D eigenvalue weighted by Gasteiger charge is 2.22. The third-order valence-corrected chi connectivity index (χ3v) is 2.74. The second-order valence-electron chi connectivity index (χ2n) is 4.06. The molecule has 1 aliphatic heterocycles. The van der Waals surface area contributed by atoms with Crippen LogP contribution in [0.2, 0.25) is 0 Å². The van der Waals surface area contributed by atoms with Crippen LogP contribution in [0.3, 0.4) is 0 Å². The molecule has 1 aliphatic carbocycles. The Morgan fingerprint density at radius 1 is 1.12 bits per heavy atom. The maximum absolute atomic E-state index is 5.75. The van der Waals surface area contributed by atoms with Crippen LogP contribution < -0.4 is 11.5 Å². The van der Waals surface area contributed by atoms with Gasteiger partial charge in [-0.1, -0.05) is 12.1 Å². The zero-order valence-electron chi connectivity index (χ0n) is 9.17. The van der Waals surface area contributed by atoms with E-state index in [1.807, 2.05) is 42.5 Å². The third kappa shape index (κ3) is 1.73. The van der Waals surface area contributed by atoms with Gasteiger partial charge < -0.3 is 11.5 Å². The number of amidine groups is 1. The van der Waals surface area contributed by atoms with E-state index in [9.17, 15) is 0 Å². The Labute approximate surface area is 99.1 Å². The average molecular weight is 224 g/mol. The Morgan fingerprint density at radius 3 is 2.82 bits per heavy atom. The number of fused-ring (bicyclic) bond motifs is 1. The van der Waals surface area contributed by atoms with Gasteiger partial charge in [0.25, 0.3) is 0 Å². The quantitative estimate of drug-likeness (QED) is 0.704. The highest BCUT2D eigenvalue weighted by atomic mass is 15.0. The van der Waals surface area contributed by atoms with Gasteiger partial charge in [0.1, 0.15) is 6.04 Å². The molecule has 0 fully saturated rings. The summed E-state index contributed by atoms with van der Waals surface area (Å²) in [7, 11) is 0. The van der Waals surface area contributed by atoms with Crippen LogP contribution in [0.25, 0.3) is 0 Å². The van der Waals surface area contributed by atoms with E-state index < -0.39 is 0 Å². The average Bonchev–Trinajstić information content (AvgIpc) is 2.72. The molecule has 1 aromatic carbocycles. The van der Waals surface area contributed by atoms with E-state index in [4.69, 9.17) is 11.5 Å². The zero-order valence-corrected chi connectivity index (χ0v) is 9.17. The van der Waals surface area contributed by atoms with Crippen molar-refractivity contribution in [3.8, 4) is 0 Å². The highest BCUT2D eigenvalue weighted by molar-refractivity contribution is 6.18. The van der Waals surface area contributed by atoms with Crippen molar-refractivity contribution in [2.75, 3.05) is 5.73 Å². The fourth-order valence-electron chi connectivity index (χ4n) is 1.91. The Bertz CT molecular complexity index is 593. The van der Waals surface area contributed by atoms with Crippen LogP contribution in [0.1, 0.15) is 5.56 Å². The Kier molecular flexibility index (Phi) is 2.08. The fourth-order valence-corrected chi connectivity index (χ4v) is 1.91. The first-order chi connectivity index (χ1) is 8.22. The van der Waals surface area contributed by atoms with Gasteiger partial charge in [-0.2, -0.15) is 0 Å². The van der Waals surface area contributed by atoms with Gasteiger partial charge in [-0.05, 0) is 30.4 Å². The molecule has 2 aliphatic rings. The number of hydrogen-bond acceptors (Lipinski definition) is 4. The first-order valence-corrected chi connectivity index (χ1v) is 5.40. The van der Waals surface area contributed by atoms with Gasteiger partial charge in [-0.15, -0.1) is 0 Å². The summed E-state index contributed by atoms with van der Waals surface area (Å²) in [5.41, 5.74) is 14.8. The van der Waals surface area contributed by atoms with Crippen molar-refractivity contribution >= 4 is 17.2 Å². The van der Waals surface area contributed by atoms with Crippen LogP contribution in [0, 0.1) is 0 Å². The third-order valence-electron chi connectivity index (χ3n) is 2.74. The van der Waals surface area contributed by atoms with Crippen molar-refractivity contribution in [2.24, 2.45) is 15.7 Å². The molecule has 0 saturated heterocycles. The molecule has 4 heteroatoms. The molecule has 17 heavy (non-hydrogen) atoms. The number of benzene rings is 1. The van der Waals surface area contributed by atoms with Gasteiger partial charge in [0, 0.05) is 16.9 Å². The summed E-state index contributed by atoms with van der Waals surface area (Å²) in [5, 5.41) is 0. The van der Waals surface area contributed by atoms with Crippen LogP contribution >= 0.6 is 0 Å². The van der Waals surface area contributed by atoms with Crippen LogP contribution in [-0.4, -0.2) is 17.6 Å². The summed E-state index contributed by atoms with van der Waals surface area (Å²) < 4.78 is 0. The van der Waals surface area contributed by atoms with Gasteiger partial charge in [0.05, 0.1) is 5.71 Å². The smallest absolute Gasteiger partial charge is 0.155 e. The van der Waals surface area contributed by atoms with E-state index in [-0.39, 0.29) is 6.04 Å². The fraction of sp³-hybridized carbons (Fsp3) is 0.0769. The lowest BCUT2D eigenvalue weighted by Crippen LogP contribution is -2.16. The van der Waals surface area contributed by atoms with Crippen molar-refractivity contribution in [2.45, 2.75) is 6.04 Å². The predicted octanol–water partition coefficient (Wildman–Crippen LogP) is 1.25. The lowest BCUT2D eigenvalue weighted by molar-refractivity contribution is 1.08. The summed E-state index contributed by atoms with van der Waals surface area (Å²) in [5.74, 6) is 0.716. The van der Waals surface area contributed by atoms with Crippen molar-refractivity contribution in [1.82, 2.24) is 0 Å². The summed E-state index contributed by atoms with van der Waals surface area (Å²) in [6.07, 6.45) is 5.65. The normalized spacial score (nSPS) is 21.6. The zero-order chi connectivity index (χ0) is 11.8. The minimum absolute atomic E-state index is 0.0450. The molecule has 4 nitrogen and oxygen atoms in total. The predicted molar refractivity (Wildman–Crippen MR) is 70.0 cm³/mol. The number of nitrogens with zero attached hydrogens (tertiary/aromatic N) is 2. The number of hydrogen-bond donors (Lipinski definition) is 2. The molecular weight excluding hydrogens is 212 g/mol. The van der Waals surface area contributed by atoms with Gasteiger partial charge >= 0.3 is 0 Å². The molecule has 0 aromatic heterocycles. The van der Waals surface area contributed by atoms with Crippen molar-refractivity contribution < 1.29 is 0 Å². The van der Waals surface area contributed by atoms with Crippen molar-refractivity contribution in [1.29, 1.82) is 0 Å².